The number of aromatic nitrogens is 2. The molecule has 0 radical (unpaired) electrons. The van der Waals surface area contributed by atoms with Gasteiger partial charge in [0.1, 0.15) is 0 Å². The van der Waals surface area contributed by atoms with Crippen molar-refractivity contribution < 1.29 is 0 Å². The summed E-state index contributed by atoms with van der Waals surface area (Å²) in [5.41, 5.74) is 33.6. The van der Waals surface area contributed by atoms with Crippen LogP contribution in [0.15, 0.2) is 303 Å². The smallest absolute Gasteiger partial charge is 0.247 e. The lowest BCUT2D eigenvalue weighted by Crippen LogP contribution is -2.63. The third-order valence-electron chi connectivity index (χ3n) is 24.2. The SMILES string of the molecule is CC(C)(C)c1cc2c3c(c1)N(c1c(-c4ccccc4)cccc1-c1ccccc1)c1cc(-c4ccc(-n5c6ccc(C(C)(C)C)cc6c6cc(C(C)(C)C)ccc65)cc4)ccc1B3c1ccc(-n3c4ccc(C(C)(C)C)cc4c4cc(C(C)(C)C)ccc43)cc1C2C1(c2ccccc2)C=CC=C1c1ccccc1. The van der Waals surface area contributed by atoms with E-state index in [1.165, 1.54) is 138 Å². The number of fused-ring (bicyclic) bond motifs is 10. The van der Waals surface area contributed by atoms with Gasteiger partial charge in [0.2, 0.25) is 6.71 Å². The molecule has 4 heteroatoms. The average molecular weight is 1400 g/mol. The summed E-state index contributed by atoms with van der Waals surface area (Å²) in [5.74, 6) is -0.227. The Balaban J connectivity index is 0.936. The van der Waals surface area contributed by atoms with Gasteiger partial charge in [-0.2, -0.15) is 0 Å². The van der Waals surface area contributed by atoms with Crippen molar-refractivity contribution in [3.05, 3.63) is 353 Å². The van der Waals surface area contributed by atoms with E-state index in [4.69, 9.17) is 0 Å². The number of rotatable bonds is 9. The fourth-order valence-electron chi connectivity index (χ4n) is 18.3. The van der Waals surface area contributed by atoms with Gasteiger partial charge in [0.25, 0.3) is 0 Å². The van der Waals surface area contributed by atoms with Crippen LogP contribution < -0.4 is 21.3 Å². The third kappa shape index (κ3) is 11.1. The summed E-state index contributed by atoms with van der Waals surface area (Å²) in [6, 6.07) is 111. The van der Waals surface area contributed by atoms with Crippen molar-refractivity contribution in [1.82, 2.24) is 9.13 Å². The molecule has 2 aromatic heterocycles. The minimum absolute atomic E-state index is 0.0000232. The van der Waals surface area contributed by atoms with Gasteiger partial charge in [0.15, 0.2) is 0 Å². The number of para-hydroxylation sites is 1. The Hall–Kier alpha value is -11.2. The summed E-state index contributed by atoms with van der Waals surface area (Å²) in [7, 11) is 0. The summed E-state index contributed by atoms with van der Waals surface area (Å²) in [6.45, 7) is 35.0. The van der Waals surface area contributed by atoms with Gasteiger partial charge in [-0.1, -0.05) is 328 Å². The van der Waals surface area contributed by atoms with Crippen LogP contribution in [0.2, 0.25) is 0 Å². The number of nitrogens with zero attached hydrogens (tertiary/aromatic N) is 3. The lowest BCUT2D eigenvalue weighted by molar-refractivity contribution is 0.578. The first-order valence-electron chi connectivity index (χ1n) is 39.0. The van der Waals surface area contributed by atoms with Gasteiger partial charge in [0, 0.05) is 66.8 Å². The summed E-state index contributed by atoms with van der Waals surface area (Å²) in [4.78, 5) is 2.73. The Morgan fingerprint density at radius 2 is 0.741 bits per heavy atom. The molecule has 3 aliphatic rings. The number of hydrogen-bond donors (Lipinski definition) is 0. The molecule has 0 amide bonds. The molecule has 0 saturated carbocycles. The summed E-state index contributed by atoms with van der Waals surface area (Å²) in [6.07, 6.45) is 7.36. The molecule has 13 aromatic carbocycles. The van der Waals surface area contributed by atoms with Crippen molar-refractivity contribution in [3.8, 4) is 44.8 Å². The molecule has 2 aliphatic heterocycles. The molecule has 0 N–H and O–H groups in total. The van der Waals surface area contributed by atoms with Crippen molar-refractivity contribution >= 4 is 89.3 Å². The molecule has 0 fully saturated rings. The Morgan fingerprint density at radius 3 is 1.21 bits per heavy atom. The van der Waals surface area contributed by atoms with Gasteiger partial charge >= 0.3 is 0 Å². The normalized spacial score (nSPS) is 15.8. The minimum atomic E-state index is -0.683. The minimum Gasteiger partial charge on any atom is -0.310 e. The van der Waals surface area contributed by atoms with E-state index in [9.17, 15) is 0 Å². The van der Waals surface area contributed by atoms with Crippen LogP contribution in [0.5, 0.6) is 0 Å². The maximum absolute atomic E-state index is 2.73. The molecular weight excluding hydrogens is 1300 g/mol. The molecule has 3 nitrogen and oxygen atoms in total. The van der Waals surface area contributed by atoms with E-state index in [0.29, 0.717) is 0 Å². The van der Waals surface area contributed by atoms with Gasteiger partial charge in [-0.25, -0.2) is 0 Å². The fourth-order valence-corrected chi connectivity index (χ4v) is 18.3. The van der Waals surface area contributed by atoms with Crippen molar-refractivity contribution in [2.75, 3.05) is 4.90 Å². The summed E-state index contributed by atoms with van der Waals surface area (Å²) >= 11 is 0. The largest absolute Gasteiger partial charge is 0.310 e. The highest BCUT2D eigenvalue weighted by molar-refractivity contribution is 6.99. The first-order chi connectivity index (χ1) is 51.7. The molecule has 1 aliphatic carbocycles. The predicted molar refractivity (Wildman–Crippen MR) is 464 cm³/mol. The van der Waals surface area contributed by atoms with Gasteiger partial charge in [-0.05, 0) is 201 Å². The summed E-state index contributed by atoms with van der Waals surface area (Å²) < 4.78 is 5.08. The quantitative estimate of drug-likeness (QED) is 0.131. The lowest BCUT2D eigenvalue weighted by Gasteiger charge is -2.49. The van der Waals surface area contributed by atoms with Crippen LogP contribution in [-0.4, -0.2) is 15.8 Å². The van der Waals surface area contributed by atoms with Crippen LogP contribution in [0.1, 0.15) is 160 Å². The fraction of sp³-hybridized carbons (Fsp3) is 0.212. The number of benzene rings is 13. The van der Waals surface area contributed by atoms with Gasteiger partial charge in [0.05, 0.1) is 27.8 Å². The highest BCUT2D eigenvalue weighted by Gasteiger charge is 2.53. The number of hydrogen-bond acceptors (Lipinski definition) is 1. The van der Waals surface area contributed by atoms with Gasteiger partial charge in [-0.3, -0.25) is 0 Å². The van der Waals surface area contributed by atoms with Crippen LogP contribution >= 0.6 is 0 Å². The zero-order chi connectivity index (χ0) is 74.7. The maximum atomic E-state index is 2.73. The second-order valence-corrected chi connectivity index (χ2v) is 36.2. The van der Waals surface area contributed by atoms with Crippen LogP contribution in [0.4, 0.5) is 17.1 Å². The Labute approximate surface area is 639 Å². The van der Waals surface area contributed by atoms with Crippen molar-refractivity contribution in [1.29, 1.82) is 0 Å². The maximum Gasteiger partial charge on any atom is 0.247 e. The third-order valence-corrected chi connectivity index (χ3v) is 24.2. The van der Waals surface area contributed by atoms with E-state index < -0.39 is 5.41 Å². The van der Waals surface area contributed by atoms with Crippen molar-refractivity contribution in [2.45, 2.75) is 142 Å². The highest BCUT2D eigenvalue weighted by Crippen LogP contribution is 2.59. The van der Waals surface area contributed by atoms with Crippen LogP contribution in [0, 0.1) is 0 Å². The molecule has 0 bridgehead atoms. The first-order valence-corrected chi connectivity index (χ1v) is 39.0. The van der Waals surface area contributed by atoms with E-state index in [-0.39, 0.29) is 39.7 Å². The predicted octanol–water partition coefficient (Wildman–Crippen LogP) is 25.7. The molecule has 18 rings (SSSR count). The lowest BCUT2D eigenvalue weighted by atomic mass is 9.30. The Bertz CT molecular complexity index is 5970. The molecular formula is C104H96BN3. The second kappa shape index (κ2) is 24.9. The monoisotopic (exact) mass is 1400 g/mol. The molecule has 0 spiro atoms. The van der Waals surface area contributed by atoms with Crippen molar-refractivity contribution in [2.24, 2.45) is 0 Å². The molecule has 4 heterocycles. The van der Waals surface area contributed by atoms with Gasteiger partial charge < -0.3 is 14.0 Å². The first kappa shape index (κ1) is 68.6. The average Bonchev–Trinajstić information content (AvgIpc) is 0.883. The van der Waals surface area contributed by atoms with Crippen molar-refractivity contribution in [3.63, 3.8) is 0 Å². The molecule has 530 valence electrons. The van der Waals surface area contributed by atoms with E-state index in [1.54, 1.807) is 0 Å². The highest BCUT2D eigenvalue weighted by atomic mass is 15.2. The van der Waals surface area contributed by atoms with Crippen LogP contribution in [-0.2, 0) is 32.5 Å². The zero-order valence-electron chi connectivity index (χ0n) is 65.4. The number of allylic oxidation sites excluding steroid dienone is 4. The Morgan fingerprint density at radius 1 is 0.315 bits per heavy atom. The molecule has 15 aromatic rings. The van der Waals surface area contributed by atoms with E-state index in [0.717, 1.165) is 39.3 Å². The second-order valence-electron chi connectivity index (χ2n) is 36.2. The summed E-state index contributed by atoms with van der Waals surface area (Å²) in [5, 5.41) is 5.14. The van der Waals surface area contributed by atoms with Crippen LogP contribution in [0.25, 0.3) is 93.9 Å². The molecule has 2 atom stereocenters. The molecule has 0 saturated heterocycles. The standard InChI is InChI=1S/C104H96BN3/c1-99(2,3)72-44-53-90-81(59-72)82-60-73(100(4,5)6)45-54-91(82)106(90)77-48-41-66(42-49-77)70-43-51-89-94(58-70)108(98-79(67-30-20-16-21-31-67)38-28-39-80(98)68-32-22-17-23-33-68)95-64-76(103(13,14)15)63-86-96(104(71-36-26-19-27-37-71)57-29-40-87(104)69-34-24-18-25-35-69)85-65-78(50-52-88(85)105(89)97(86)95)107-92-55-46-74(101(7,8)9)61-83(92)84-62-75(102(10,11)12)47-56-93(84)107/h16-65,96H,1-15H3. The van der Waals surface area contributed by atoms with E-state index >= 15 is 0 Å². The van der Waals surface area contributed by atoms with Gasteiger partial charge in [-0.15, -0.1) is 0 Å². The van der Waals surface area contributed by atoms with Crippen LogP contribution in [0.3, 0.4) is 0 Å². The van der Waals surface area contributed by atoms with E-state index in [2.05, 4.69) is 421 Å². The molecule has 108 heavy (non-hydrogen) atoms. The molecule has 2 unspecified atom stereocenters. The Kier molecular flexibility index (Phi) is 15.8. The number of anilines is 3. The zero-order valence-corrected chi connectivity index (χ0v) is 65.4. The van der Waals surface area contributed by atoms with E-state index in [1.807, 2.05) is 0 Å². The topological polar surface area (TPSA) is 13.1 Å².